The van der Waals surface area contributed by atoms with E-state index in [0.29, 0.717) is 24.7 Å². The molecule has 0 bridgehead atoms. The zero-order chi connectivity index (χ0) is 15.9. The molecule has 2 aromatic rings. The molecule has 5 heteroatoms. The first-order valence-electron chi connectivity index (χ1n) is 7.26. The van der Waals surface area contributed by atoms with Gasteiger partial charge in [-0.3, -0.25) is 4.79 Å². The average molecular weight is 303 g/mol. The van der Waals surface area contributed by atoms with Crippen molar-refractivity contribution >= 4 is 5.97 Å². The molecule has 0 fully saturated rings. The van der Waals surface area contributed by atoms with Crippen LogP contribution in [0.5, 0.6) is 0 Å². The predicted octanol–water partition coefficient (Wildman–Crippen LogP) is 3.30. The molecule has 0 N–H and O–H groups in total. The Bertz CT molecular complexity index is 592. The Morgan fingerprint density at radius 2 is 1.95 bits per heavy atom. The molecule has 5 nitrogen and oxygen atoms in total. The average Bonchev–Trinajstić information content (AvgIpc) is 2.96. The first-order valence-corrected chi connectivity index (χ1v) is 7.26. The molecule has 0 amide bonds. The fourth-order valence-corrected chi connectivity index (χ4v) is 2.23. The standard InChI is InChI=1S/C17H21NO4/c1-12(2)16(17(19)20-3)15-9-14(18-22-15)11-21-10-13-7-5-4-6-8-13/h4-9,12,16H,10-11H2,1-3H3. The maximum Gasteiger partial charge on any atom is 0.316 e. The molecular weight excluding hydrogens is 282 g/mol. The van der Waals surface area contributed by atoms with Gasteiger partial charge in [-0.25, -0.2) is 0 Å². The third-order valence-corrected chi connectivity index (χ3v) is 3.37. The first kappa shape index (κ1) is 16.2. The van der Waals surface area contributed by atoms with Gasteiger partial charge in [-0.2, -0.15) is 0 Å². The number of rotatable bonds is 7. The fourth-order valence-electron chi connectivity index (χ4n) is 2.23. The van der Waals surface area contributed by atoms with Crippen LogP contribution in [0.3, 0.4) is 0 Å². The highest BCUT2D eigenvalue weighted by molar-refractivity contribution is 5.77. The Labute approximate surface area is 130 Å². The monoisotopic (exact) mass is 303 g/mol. The molecule has 1 atom stereocenters. The lowest BCUT2D eigenvalue weighted by Gasteiger charge is -2.14. The lowest BCUT2D eigenvalue weighted by atomic mass is 9.93. The Morgan fingerprint density at radius 3 is 2.59 bits per heavy atom. The van der Waals surface area contributed by atoms with Crippen molar-refractivity contribution in [2.24, 2.45) is 5.92 Å². The summed E-state index contributed by atoms with van der Waals surface area (Å²) >= 11 is 0. The molecule has 1 aromatic heterocycles. The summed E-state index contributed by atoms with van der Waals surface area (Å²) < 4.78 is 15.7. The van der Waals surface area contributed by atoms with Gasteiger partial charge < -0.3 is 14.0 Å². The minimum atomic E-state index is -0.444. The van der Waals surface area contributed by atoms with Crippen molar-refractivity contribution in [2.75, 3.05) is 7.11 Å². The van der Waals surface area contributed by atoms with Crippen molar-refractivity contribution in [2.45, 2.75) is 33.0 Å². The van der Waals surface area contributed by atoms with Gasteiger partial charge in [0.05, 0.1) is 20.3 Å². The molecule has 0 saturated heterocycles. The summed E-state index contributed by atoms with van der Waals surface area (Å²) in [7, 11) is 1.37. The van der Waals surface area contributed by atoms with E-state index in [1.807, 2.05) is 44.2 Å². The smallest absolute Gasteiger partial charge is 0.316 e. The van der Waals surface area contributed by atoms with Crippen LogP contribution in [-0.2, 0) is 27.5 Å². The maximum absolute atomic E-state index is 11.8. The second-order valence-electron chi connectivity index (χ2n) is 5.44. The molecule has 1 unspecified atom stereocenters. The zero-order valence-corrected chi connectivity index (χ0v) is 13.1. The van der Waals surface area contributed by atoms with Gasteiger partial charge in [-0.05, 0) is 11.5 Å². The lowest BCUT2D eigenvalue weighted by Crippen LogP contribution is -2.19. The highest BCUT2D eigenvalue weighted by atomic mass is 16.5. The number of hydrogen-bond acceptors (Lipinski definition) is 5. The second-order valence-corrected chi connectivity index (χ2v) is 5.44. The molecule has 1 heterocycles. The minimum absolute atomic E-state index is 0.0680. The number of hydrogen-bond donors (Lipinski definition) is 0. The van der Waals surface area contributed by atoms with Crippen molar-refractivity contribution in [3.05, 3.63) is 53.4 Å². The number of benzene rings is 1. The SMILES string of the molecule is COC(=O)C(c1cc(COCc2ccccc2)no1)C(C)C. The van der Waals surface area contributed by atoms with Crippen LogP contribution in [0, 0.1) is 5.92 Å². The van der Waals surface area contributed by atoms with Crippen molar-refractivity contribution in [1.82, 2.24) is 5.16 Å². The van der Waals surface area contributed by atoms with Crippen LogP contribution in [-0.4, -0.2) is 18.2 Å². The first-order chi connectivity index (χ1) is 10.6. The molecule has 0 aliphatic heterocycles. The summed E-state index contributed by atoms with van der Waals surface area (Å²) in [5, 5.41) is 3.96. The maximum atomic E-state index is 11.8. The van der Waals surface area contributed by atoms with Crippen LogP contribution in [0.15, 0.2) is 40.9 Å². The van der Waals surface area contributed by atoms with Gasteiger partial charge in [-0.15, -0.1) is 0 Å². The molecule has 2 rings (SSSR count). The summed E-state index contributed by atoms with van der Waals surface area (Å²) in [6.07, 6.45) is 0. The summed E-state index contributed by atoms with van der Waals surface area (Å²) in [6.45, 7) is 4.73. The van der Waals surface area contributed by atoms with Crippen LogP contribution < -0.4 is 0 Å². The number of nitrogens with zero attached hydrogens (tertiary/aromatic N) is 1. The number of aromatic nitrogens is 1. The zero-order valence-electron chi connectivity index (χ0n) is 13.1. The molecule has 0 saturated carbocycles. The van der Waals surface area contributed by atoms with Crippen LogP contribution in [0.2, 0.25) is 0 Å². The van der Waals surface area contributed by atoms with E-state index < -0.39 is 5.92 Å². The van der Waals surface area contributed by atoms with Gasteiger partial charge >= 0.3 is 5.97 Å². The van der Waals surface area contributed by atoms with Gasteiger partial charge in [0, 0.05) is 6.07 Å². The van der Waals surface area contributed by atoms with Crippen molar-refractivity contribution in [1.29, 1.82) is 0 Å². The van der Waals surface area contributed by atoms with Gasteiger partial charge in [0.15, 0.2) is 5.76 Å². The van der Waals surface area contributed by atoms with Crippen LogP contribution in [0.25, 0.3) is 0 Å². The number of esters is 1. The largest absolute Gasteiger partial charge is 0.468 e. The van der Waals surface area contributed by atoms with Crippen molar-refractivity contribution in [3.8, 4) is 0 Å². The summed E-state index contributed by atoms with van der Waals surface area (Å²) in [5.74, 6) is -0.179. The lowest BCUT2D eigenvalue weighted by molar-refractivity contribution is -0.144. The second kappa shape index (κ2) is 7.75. The van der Waals surface area contributed by atoms with Crippen molar-refractivity contribution in [3.63, 3.8) is 0 Å². The van der Waals surface area contributed by atoms with Gasteiger partial charge in [0.1, 0.15) is 11.6 Å². The molecule has 0 aliphatic rings. The van der Waals surface area contributed by atoms with Crippen molar-refractivity contribution < 1.29 is 18.8 Å². The molecular formula is C17H21NO4. The highest BCUT2D eigenvalue weighted by Gasteiger charge is 2.29. The van der Waals surface area contributed by atoms with E-state index in [4.69, 9.17) is 14.0 Å². The third-order valence-electron chi connectivity index (χ3n) is 3.37. The number of carbonyl (C=O) groups is 1. The Balaban J connectivity index is 1.94. The Kier molecular flexibility index (Phi) is 5.72. The van der Waals surface area contributed by atoms with E-state index in [-0.39, 0.29) is 11.9 Å². The Hall–Kier alpha value is -2.14. The Morgan fingerprint density at radius 1 is 1.23 bits per heavy atom. The van der Waals surface area contributed by atoms with E-state index in [1.54, 1.807) is 6.07 Å². The molecule has 0 aliphatic carbocycles. The topological polar surface area (TPSA) is 61.6 Å². The predicted molar refractivity (Wildman–Crippen MR) is 81.0 cm³/mol. The minimum Gasteiger partial charge on any atom is -0.468 e. The van der Waals surface area contributed by atoms with Crippen LogP contribution >= 0.6 is 0 Å². The summed E-state index contributed by atoms with van der Waals surface area (Å²) in [5.41, 5.74) is 1.77. The molecule has 0 radical (unpaired) electrons. The van der Waals surface area contributed by atoms with E-state index in [9.17, 15) is 4.79 Å². The summed E-state index contributed by atoms with van der Waals surface area (Å²) in [4.78, 5) is 11.8. The van der Waals surface area contributed by atoms with E-state index in [0.717, 1.165) is 5.56 Å². The number of methoxy groups -OCH3 is 1. The van der Waals surface area contributed by atoms with Crippen LogP contribution in [0.4, 0.5) is 0 Å². The fraction of sp³-hybridized carbons (Fsp3) is 0.412. The molecule has 0 spiro atoms. The molecule has 1 aromatic carbocycles. The van der Waals surface area contributed by atoms with E-state index in [1.165, 1.54) is 7.11 Å². The third kappa shape index (κ3) is 4.18. The van der Waals surface area contributed by atoms with Gasteiger partial charge in [0.2, 0.25) is 0 Å². The van der Waals surface area contributed by atoms with E-state index >= 15 is 0 Å². The van der Waals surface area contributed by atoms with Gasteiger partial charge in [-0.1, -0.05) is 49.3 Å². The van der Waals surface area contributed by atoms with Gasteiger partial charge in [0.25, 0.3) is 0 Å². The number of carbonyl (C=O) groups excluding carboxylic acids is 1. The summed E-state index contributed by atoms with van der Waals surface area (Å²) in [6, 6.07) is 11.7. The quantitative estimate of drug-likeness (QED) is 0.734. The molecule has 22 heavy (non-hydrogen) atoms. The highest BCUT2D eigenvalue weighted by Crippen LogP contribution is 2.26. The van der Waals surface area contributed by atoms with Crippen LogP contribution in [0.1, 0.15) is 36.8 Å². The number of ether oxygens (including phenoxy) is 2. The van der Waals surface area contributed by atoms with E-state index in [2.05, 4.69) is 5.16 Å². The normalized spacial score (nSPS) is 12.4. The molecule has 118 valence electrons.